The molecule has 0 fully saturated rings. The van der Waals surface area contributed by atoms with Gasteiger partial charge in [0.05, 0.1) is 26.4 Å². The minimum absolute atomic E-state index is 0.103. The fraction of sp³-hybridized carbons (Fsp3) is 0.940. The molecule has 0 heterocycles. The molecule has 0 aliphatic rings. The van der Waals surface area contributed by atoms with E-state index in [9.17, 15) is 43.2 Å². The second-order valence-corrected chi connectivity index (χ2v) is 28.1. The highest BCUT2D eigenvalue weighted by Gasteiger charge is 2.30. The molecule has 0 rings (SSSR count). The Hall–Kier alpha value is -1.94. The van der Waals surface area contributed by atoms with Gasteiger partial charge in [-0.2, -0.15) is 0 Å². The first kappa shape index (κ1) is 84.1. The number of phosphoric acid groups is 2. The van der Waals surface area contributed by atoms with Gasteiger partial charge in [0.25, 0.3) is 0 Å². The smallest absolute Gasteiger partial charge is 0.462 e. The van der Waals surface area contributed by atoms with Crippen molar-refractivity contribution in [1.82, 2.24) is 0 Å². The van der Waals surface area contributed by atoms with Gasteiger partial charge in [0, 0.05) is 25.7 Å². The molecule has 0 spiro atoms. The lowest BCUT2D eigenvalue weighted by Crippen LogP contribution is -2.30. The van der Waals surface area contributed by atoms with Crippen molar-refractivity contribution >= 4 is 39.5 Å². The Labute approximate surface area is 524 Å². The molecule has 0 bridgehead atoms. The van der Waals surface area contributed by atoms with Gasteiger partial charge in [-0.15, -0.1) is 0 Å². The molecule has 3 N–H and O–H groups in total. The van der Waals surface area contributed by atoms with Gasteiger partial charge in [0.15, 0.2) is 12.2 Å². The Morgan fingerprint density at radius 1 is 0.314 bits per heavy atom. The predicted molar refractivity (Wildman–Crippen MR) is 345 cm³/mol. The maximum absolute atomic E-state index is 13.0. The summed E-state index contributed by atoms with van der Waals surface area (Å²) in [5.41, 5.74) is 0. The number of phosphoric ester groups is 2. The number of unbranched alkanes of at least 4 members (excludes halogenated alkanes) is 36. The lowest BCUT2D eigenvalue weighted by molar-refractivity contribution is -0.161. The number of carbonyl (C=O) groups is 4. The summed E-state index contributed by atoms with van der Waals surface area (Å²) in [7, 11) is -9.89. The summed E-state index contributed by atoms with van der Waals surface area (Å²) < 4.78 is 68.1. The number of esters is 4. The zero-order valence-corrected chi connectivity index (χ0v) is 57.4. The predicted octanol–water partition coefficient (Wildman–Crippen LogP) is 18.8. The van der Waals surface area contributed by atoms with Gasteiger partial charge in [0.2, 0.25) is 0 Å². The Kier molecular flexibility index (Phi) is 58.0. The molecule has 86 heavy (non-hydrogen) atoms. The Morgan fingerprint density at radius 3 is 0.791 bits per heavy atom. The Morgan fingerprint density at radius 2 is 0.535 bits per heavy atom. The van der Waals surface area contributed by atoms with Crippen LogP contribution in [0.15, 0.2) is 0 Å². The van der Waals surface area contributed by atoms with E-state index >= 15 is 0 Å². The number of aliphatic hydroxyl groups excluding tert-OH is 1. The number of hydrogen-bond donors (Lipinski definition) is 3. The third-order valence-electron chi connectivity index (χ3n) is 15.5. The largest absolute Gasteiger partial charge is 0.472 e. The van der Waals surface area contributed by atoms with Gasteiger partial charge in [-0.25, -0.2) is 9.13 Å². The van der Waals surface area contributed by atoms with E-state index in [1.165, 1.54) is 154 Å². The van der Waals surface area contributed by atoms with E-state index in [-0.39, 0.29) is 25.7 Å². The second-order valence-electron chi connectivity index (χ2n) is 25.2. The standard InChI is InChI=1S/C67H130O17P2/c1-7-9-11-13-15-17-19-20-21-22-23-25-33-39-45-51-66(71)83-62(55-78-65(70)50-44-38-32-27-26-29-35-41-47-59(3)4)57-81-85(73,74)79-53-61(68)54-80-86(75,76)82-58-63(84-67(72)52-46-40-34-28-30-36-42-48-60(5)6)56-77-64(69)49-43-37-31-24-18-16-14-12-10-8-2/h59-63,68H,7-58H2,1-6H3,(H,73,74)(H,75,76)/t61-,62-,63-/m1/s1. The number of rotatable bonds is 66. The minimum atomic E-state index is -4.95. The molecule has 19 heteroatoms. The van der Waals surface area contributed by atoms with Gasteiger partial charge in [-0.05, 0) is 37.5 Å². The van der Waals surface area contributed by atoms with Crippen molar-refractivity contribution in [3.8, 4) is 0 Å². The van der Waals surface area contributed by atoms with Crippen LogP contribution in [0.5, 0.6) is 0 Å². The van der Waals surface area contributed by atoms with Crippen molar-refractivity contribution in [2.75, 3.05) is 39.6 Å². The summed E-state index contributed by atoms with van der Waals surface area (Å²) in [6, 6.07) is 0. The molecule has 17 nitrogen and oxygen atoms in total. The summed E-state index contributed by atoms with van der Waals surface area (Å²) in [6.07, 6.45) is 43.1. The third-order valence-corrected chi connectivity index (χ3v) is 17.4. The molecule has 5 atom stereocenters. The average molecular weight is 1270 g/mol. The van der Waals surface area contributed by atoms with Crippen molar-refractivity contribution in [1.29, 1.82) is 0 Å². The molecule has 0 aliphatic heterocycles. The van der Waals surface area contributed by atoms with E-state index < -0.39 is 97.5 Å². The van der Waals surface area contributed by atoms with Crippen molar-refractivity contribution in [3.63, 3.8) is 0 Å². The van der Waals surface area contributed by atoms with E-state index in [1.54, 1.807) is 0 Å². The second kappa shape index (κ2) is 59.4. The van der Waals surface area contributed by atoms with Crippen LogP contribution in [-0.4, -0.2) is 96.7 Å². The lowest BCUT2D eigenvalue weighted by atomic mass is 10.0. The highest BCUT2D eigenvalue weighted by atomic mass is 31.2. The number of carbonyl (C=O) groups excluding carboxylic acids is 4. The summed E-state index contributed by atoms with van der Waals surface area (Å²) in [5, 5.41) is 10.6. The molecule has 2 unspecified atom stereocenters. The molecule has 0 saturated heterocycles. The topological polar surface area (TPSA) is 237 Å². The summed E-state index contributed by atoms with van der Waals surface area (Å²) >= 11 is 0. The molecular formula is C67H130O17P2. The molecule has 0 aromatic heterocycles. The van der Waals surface area contributed by atoms with Crippen LogP contribution in [0, 0.1) is 11.8 Å². The molecular weight excluding hydrogens is 1140 g/mol. The first-order valence-electron chi connectivity index (χ1n) is 35.0. The SMILES string of the molecule is CCCCCCCCCCCCCCCCCC(=O)O[C@H](COC(=O)CCCCCCCCCCC(C)C)COP(=O)(O)OC[C@@H](O)COP(=O)(O)OC[C@@H](COC(=O)CCCCCCCCCCCC)OC(=O)CCCCCCCCCC(C)C. The zero-order valence-electron chi connectivity index (χ0n) is 55.6. The average Bonchev–Trinajstić information content (AvgIpc) is 3.69. The maximum Gasteiger partial charge on any atom is 0.472 e. The Bertz CT molecular complexity index is 1680. The van der Waals surface area contributed by atoms with Crippen molar-refractivity contribution in [2.45, 2.75) is 355 Å². The molecule has 510 valence electrons. The first-order valence-corrected chi connectivity index (χ1v) is 38.0. The molecule has 0 aromatic rings. The van der Waals surface area contributed by atoms with Crippen molar-refractivity contribution in [3.05, 3.63) is 0 Å². The number of ether oxygens (including phenoxy) is 4. The highest BCUT2D eigenvalue weighted by Crippen LogP contribution is 2.45. The van der Waals surface area contributed by atoms with Crippen LogP contribution in [-0.2, 0) is 65.4 Å². The van der Waals surface area contributed by atoms with E-state index in [0.717, 1.165) is 95.8 Å². The third kappa shape index (κ3) is 60.9. The Balaban J connectivity index is 5.23. The number of aliphatic hydroxyl groups is 1. The summed E-state index contributed by atoms with van der Waals surface area (Å²) in [4.78, 5) is 72.3. The van der Waals surface area contributed by atoms with Crippen LogP contribution in [0.3, 0.4) is 0 Å². The van der Waals surface area contributed by atoms with Gasteiger partial charge in [-0.1, -0.05) is 286 Å². The molecule has 0 aromatic carbocycles. The lowest BCUT2D eigenvalue weighted by Gasteiger charge is -2.21. The fourth-order valence-corrected chi connectivity index (χ4v) is 11.6. The molecule has 0 saturated carbocycles. The van der Waals surface area contributed by atoms with Crippen molar-refractivity contribution < 1.29 is 80.2 Å². The van der Waals surface area contributed by atoms with Gasteiger partial charge >= 0.3 is 39.5 Å². The van der Waals surface area contributed by atoms with Gasteiger partial charge in [0.1, 0.15) is 19.3 Å². The van der Waals surface area contributed by atoms with E-state index in [0.29, 0.717) is 31.6 Å². The van der Waals surface area contributed by atoms with Crippen LogP contribution >= 0.6 is 15.6 Å². The van der Waals surface area contributed by atoms with Crippen LogP contribution in [0.4, 0.5) is 0 Å². The maximum atomic E-state index is 13.0. The number of hydrogen-bond acceptors (Lipinski definition) is 15. The molecule has 0 amide bonds. The van der Waals surface area contributed by atoms with E-state index in [1.807, 2.05) is 0 Å². The summed E-state index contributed by atoms with van der Waals surface area (Å²) in [5.74, 6) is -0.708. The minimum Gasteiger partial charge on any atom is -0.462 e. The zero-order chi connectivity index (χ0) is 63.6. The summed E-state index contributed by atoms with van der Waals surface area (Å²) in [6.45, 7) is 9.42. The van der Waals surface area contributed by atoms with E-state index in [4.69, 9.17) is 37.0 Å². The van der Waals surface area contributed by atoms with Crippen LogP contribution in [0.2, 0.25) is 0 Å². The van der Waals surface area contributed by atoms with Crippen LogP contribution in [0.25, 0.3) is 0 Å². The molecule has 0 aliphatic carbocycles. The highest BCUT2D eigenvalue weighted by molar-refractivity contribution is 7.47. The van der Waals surface area contributed by atoms with Crippen LogP contribution < -0.4 is 0 Å². The van der Waals surface area contributed by atoms with Crippen LogP contribution in [0.1, 0.15) is 337 Å². The fourth-order valence-electron chi connectivity index (χ4n) is 10.1. The monoisotopic (exact) mass is 1270 g/mol. The van der Waals surface area contributed by atoms with E-state index in [2.05, 4.69) is 41.5 Å². The molecule has 0 radical (unpaired) electrons. The van der Waals surface area contributed by atoms with Crippen molar-refractivity contribution in [2.24, 2.45) is 11.8 Å². The first-order chi connectivity index (χ1) is 41.4. The quantitative estimate of drug-likeness (QED) is 0.0222. The van der Waals surface area contributed by atoms with Gasteiger partial charge < -0.3 is 33.8 Å². The normalized spacial score (nSPS) is 14.2. The van der Waals surface area contributed by atoms with Gasteiger partial charge in [-0.3, -0.25) is 37.3 Å².